The van der Waals surface area contributed by atoms with Gasteiger partial charge in [-0.25, -0.2) is 4.39 Å². The summed E-state index contributed by atoms with van der Waals surface area (Å²) in [5, 5.41) is 2.77. The first-order valence-electron chi connectivity index (χ1n) is 13.4. The van der Waals surface area contributed by atoms with Crippen LogP contribution >= 0.6 is 0 Å². The average Bonchev–Trinajstić information content (AvgIpc) is 3.28. The van der Waals surface area contributed by atoms with Crippen molar-refractivity contribution < 1.29 is 27.1 Å². The Hall–Kier alpha value is -3.34. The molecule has 11 heteroatoms. The van der Waals surface area contributed by atoms with Crippen molar-refractivity contribution in [3.05, 3.63) is 57.9 Å². The average molecular weight is 567 g/mol. The predicted octanol–water partition coefficient (Wildman–Crippen LogP) is 5.65. The van der Waals surface area contributed by atoms with E-state index >= 15 is 0 Å². The summed E-state index contributed by atoms with van der Waals surface area (Å²) in [6.07, 6.45) is -1.50. The number of fused-ring (bicyclic) bond motifs is 1. The summed E-state index contributed by atoms with van der Waals surface area (Å²) in [5.41, 5.74) is -2.00. The van der Waals surface area contributed by atoms with Gasteiger partial charge in [0, 0.05) is 29.4 Å². The smallest absolute Gasteiger partial charge is 0.419 e. The van der Waals surface area contributed by atoms with Crippen LogP contribution in [0, 0.1) is 12.7 Å². The summed E-state index contributed by atoms with van der Waals surface area (Å²) in [7, 11) is 0. The maximum absolute atomic E-state index is 14.1. The van der Waals surface area contributed by atoms with E-state index in [0.29, 0.717) is 30.2 Å². The van der Waals surface area contributed by atoms with Crippen molar-refractivity contribution in [1.82, 2.24) is 19.2 Å². The minimum Gasteiger partial charge on any atom is -0.492 e. The maximum Gasteiger partial charge on any atom is 0.419 e. The molecule has 1 amide bonds. The Morgan fingerprint density at radius 3 is 2.40 bits per heavy atom. The highest BCUT2D eigenvalue weighted by Crippen LogP contribution is 2.35. The number of halogens is 4. The quantitative estimate of drug-likeness (QED) is 0.241. The van der Waals surface area contributed by atoms with E-state index in [-0.39, 0.29) is 16.8 Å². The summed E-state index contributed by atoms with van der Waals surface area (Å²) in [4.78, 5) is 28.8. The van der Waals surface area contributed by atoms with E-state index in [2.05, 4.69) is 24.1 Å². The van der Waals surface area contributed by atoms with Crippen LogP contribution in [-0.2, 0) is 17.5 Å². The third-order valence-corrected chi connectivity index (χ3v) is 6.47. The highest BCUT2D eigenvalue weighted by atomic mass is 19.4. The molecular formula is C29H38F4N4O3. The number of carbonyl (C=O) groups is 1. The molecule has 2 heterocycles. The number of alkyl halides is 3. The van der Waals surface area contributed by atoms with Gasteiger partial charge in [-0.1, -0.05) is 13.8 Å². The van der Waals surface area contributed by atoms with E-state index in [4.69, 9.17) is 4.74 Å². The van der Waals surface area contributed by atoms with Crippen LogP contribution in [0.5, 0.6) is 5.75 Å². The van der Waals surface area contributed by atoms with Crippen molar-refractivity contribution in [2.75, 3.05) is 26.2 Å². The highest BCUT2D eigenvalue weighted by Gasteiger charge is 2.35. The zero-order valence-electron chi connectivity index (χ0n) is 23.9. The van der Waals surface area contributed by atoms with Gasteiger partial charge < -0.3 is 19.4 Å². The normalized spacial score (nSPS) is 12.4. The van der Waals surface area contributed by atoms with Gasteiger partial charge in [0.15, 0.2) is 0 Å². The molecule has 0 aliphatic heterocycles. The Bertz CT molecular complexity index is 1400. The van der Waals surface area contributed by atoms with Crippen LogP contribution in [-0.4, -0.2) is 51.6 Å². The number of carbonyl (C=O) groups excluding carboxylic acids is 1. The summed E-state index contributed by atoms with van der Waals surface area (Å²) >= 11 is 0. The van der Waals surface area contributed by atoms with Gasteiger partial charge in [0.25, 0.3) is 5.56 Å². The number of nitrogens with zero attached hydrogens (tertiary/aromatic N) is 3. The molecule has 1 aromatic carbocycles. The van der Waals surface area contributed by atoms with E-state index in [9.17, 15) is 27.2 Å². The lowest BCUT2D eigenvalue weighted by Gasteiger charge is -2.23. The highest BCUT2D eigenvalue weighted by molar-refractivity contribution is 5.78. The first kappa shape index (κ1) is 31.2. The van der Waals surface area contributed by atoms with Crippen molar-refractivity contribution in [2.45, 2.75) is 72.6 Å². The Kier molecular flexibility index (Phi) is 9.71. The van der Waals surface area contributed by atoms with Crippen molar-refractivity contribution in [1.29, 1.82) is 0 Å². The molecule has 0 aliphatic carbocycles. The predicted molar refractivity (Wildman–Crippen MR) is 147 cm³/mol. The Balaban J connectivity index is 2.08. The van der Waals surface area contributed by atoms with Gasteiger partial charge in [0.1, 0.15) is 23.6 Å². The molecule has 40 heavy (non-hydrogen) atoms. The lowest BCUT2D eigenvalue weighted by molar-refractivity contribution is -0.140. The Labute approximate surface area is 231 Å². The van der Waals surface area contributed by atoms with Crippen LogP contribution in [0.25, 0.3) is 16.8 Å². The molecule has 3 aromatic rings. The number of aryl methyl sites for hydroxylation is 1. The summed E-state index contributed by atoms with van der Waals surface area (Å²) in [5.74, 6) is -1.49. The maximum atomic E-state index is 14.1. The van der Waals surface area contributed by atoms with E-state index in [1.54, 1.807) is 40.0 Å². The molecule has 2 aromatic heterocycles. The second-order valence-electron chi connectivity index (χ2n) is 10.9. The van der Waals surface area contributed by atoms with E-state index < -0.39 is 41.1 Å². The first-order valence-corrected chi connectivity index (χ1v) is 13.4. The Morgan fingerprint density at radius 2 is 1.80 bits per heavy atom. The fourth-order valence-electron chi connectivity index (χ4n) is 4.74. The molecule has 1 N–H and O–H groups in total. The minimum absolute atomic E-state index is 0.0412. The number of hydrogen-bond donors (Lipinski definition) is 1. The zero-order valence-corrected chi connectivity index (χ0v) is 23.9. The first-order chi connectivity index (χ1) is 18.7. The molecule has 0 saturated heterocycles. The van der Waals surface area contributed by atoms with Crippen LogP contribution < -0.4 is 15.6 Å². The SMILES string of the molecule is CCCN(CC)CCCOc1cc2c(=O)n(CC(=O)NC(C)(C)C)c(-c3ccc(F)c(C(F)(F)F)c3)c(C)n2c1. The molecule has 0 aliphatic rings. The lowest BCUT2D eigenvalue weighted by Crippen LogP contribution is -2.44. The van der Waals surface area contributed by atoms with Crippen LogP contribution in [0.4, 0.5) is 17.6 Å². The van der Waals surface area contributed by atoms with Crippen LogP contribution in [0.15, 0.2) is 35.3 Å². The zero-order chi connectivity index (χ0) is 29.8. The summed E-state index contributed by atoms with van der Waals surface area (Å²) in [6, 6.07) is 4.12. The number of benzene rings is 1. The fraction of sp³-hybridized carbons (Fsp3) is 0.517. The second-order valence-corrected chi connectivity index (χ2v) is 10.9. The second kappa shape index (κ2) is 12.4. The van der Waals surface area contributed by atoms with Gasteiger partial charge >= 0.3 is 6.18 Å². The topological polar surface area (TPSA) is 68.0 Å². The van der Waals surface area contributed by atoms with Gasteiger partial charge in [-0.15, -0.1) is 0 Å². The molecule has 0 saturated carbocycles. The molecule has 220 valence electrons. The van der Waals surface area contributed by atoms with Crippen molar-refractivity contribution in [3.8, 4) is 17.0 Å². The van der Waals surface area contributed by atoms with Crippen molar-refractivity contribution in [2.24, 2.45) is 0 Å². The number of aromatic nitrogens is 2. The van der Waals surface area contributed by atoms with Gasteiger partial charge in [-0.3, -0.25) is 14.2 Å². The minimum atomic E-state index is -4.94. The Morgan fingerprint density at radius 1 is 1.10 bits per heavy atom. The van der Waals surface area contributed by atoms with Crippen LogP contribution in [0.3, 0.4) is 0 Å². The fourth-order valence-corrected chi connectivity index (χ4v) is 4.74. The standard InChI is InChI=1S/C29H38F4N4O3/c1-7-12-35(8-2)13-9-14-40-21-16-24-27(39)37(18-25(38)34-28(4,5)6)26(19(3)36(24)17-21)20-10-11-23(30)22(15-20)29(31,32)33/h10-11,15-17H,7-9,12-14,18H2,1-6H3,(H,34,38). The van der Waals surface area contributed by atoms with E-state index in [0.717, 1.165) is 37.0 Å². The van der Waals surface area contributed by atoms with Crippen LogP contribution in [0.2, 0.25) is 0 Å². The molecule has 0 unspecified atom stereocenters. The molecule has 0 radical (unpaired) electrons. The lowest BCUT2D eigenvalue weighted by atomic mass is 10.0. The van der Waals surface area contributed by atoms with Crippen molar-refractivity contribution >= 4 is 11.4 Å². The molecule has 0 bridgehead atoms. The number of amides is 1. The molecule has 7 nitrogen and oxygen atoms in total. The summed E-state index contributed by atoms with van der Waals surface area (Å²) < 4.78 is 63.3. The van der Waals surface area contributed by atoms with Gasteiger partial charge in [0.05, 0.1) is 24.1 Å². The third-order valence-electron chi connectivity index (χ3n) is 6.47. The molecule has 0 fully saturated rings. The largest absolute Gasteiger partial charge is 0.492 e. The molecular weight excluding hydrogens is 528 g/mol. The van der Waals surface area contributed by atoms with Crippen molar-refractivity contribution in [3.63, 3.8) is 0 Å². The van der Waals surface area contributed by atoms with Crippen LogP contribution in [0.1, 0.15) is 58.7 Å². The van der Waals surface area contributed by atoms with Gasteiger partial charge in [-0.2, -0.15) is 13.2 Å². The third kappa shape index (κ3) is 7.44. The van der Waals surface area contributed by atoms with E-state index in [1.807, 2.05) is 0 Å². The number of hydrogen-bond acceptors (Lipinski definition) is 4. The monoisotopic (exact) mass is 566 g/mol. The number of nitrogens with one attached hydrogen (secondary N) is 1. The van der Waals surface area contributed by atoms with Gasteiger partial charge in [-0.05, 0) is 71.8 Å². The van der Waals surface area contributed by atoms with E-state index in [1.165, 1.54) is 10.5 Å². The molecule has 0 spiro atoms. The molecule has 3 rings (SSSR count). The summed E-state index contributed by atoms with van der Waals surface area (Å²) in [6.45, 7) is 14.0. The molecule has 0 atom stereocenters. The van der Waals surface area contributed by atoms with Gasteiger partial charge in [0.2, 0.25) is 5.91 Å². The number of rotatable bonds is 11. The number of ether oxygens (including phenoxy) is 1.